The van der Waals surface area contributed by atoms with Crippen LogP contribution in [0.15, 0.2) is 18.7 Å². The summed E-state index contributed by atoms with van der Waals surface area (Å²) in [4.78, 5) is 21.6. The molecule has 2 aromatic heterocycles. The first-order valence-electron chi connectivity index (χ1n) is 9.40. The maximum atomic E-state index is 12.9. The zero-order valence-corrected chi connectivity index (χ0v) is 15.9. The van der Waals surface area contributed by atoms with E-state index in [9.17, 15) is 4.79 Å². The van der Waals surface area contributed by atoms with Gasteiger partial charge in [-0.05, 0) is 30.2 Å². The lowest BCUT2D eigenvalue weighted by Gasteiger charge is -2.47. The molecule has 2 aliphatic rings. The third-order valence-corrected chi connectivity index (χ3v) is 5.73. The average Bonchev–Trinajstić information content (AvgIpc) is 3.35. The number of morpholine rings is 1. The molecule has 0 unspecified atom stereocenters. The highest BCUT2D eigenvalue weighted by Gasteiger charge is 2.42. The largest absolute Gasteiger partial charge is 0.371 e. The van der Waals surface area contributed by atoms with Gasteiger partial charge in [-0.1, -0.05) is 0 Å². The van der Waals surface area contributed by atoms with E-state index in [1.54, 1.807) is 0 Å². The van der Waals surface area contributed by atoms with Gasteiger partial charge < -0.3 is 14.2 Å². The minimum atomic E-state index is -0.404. The molecule has 0 saturated carbocycles. The molecule has 4 heterocycles. The van der Waals surface area contributed by atoms with Crippen molar-refractivity contribution < 1.29 is 9.53 Å². The summed E-state index contributed by atoms with van der Waals surface area (Å²) in [6.07, 6.45) is 7.12. The molecule has 2 aliphatic heterocycles. The number of hydrogen-bond acceptors (Lipinski definition) is 7. The van der Waals surface area contributed by atoms with E-state index in [1.807, 2.05) is 31.3 Å². The molecule has 0 radical (unpaired) electrons. The van der Waals surface area contributed by atoms with Gasteiger partial charge in [-0.15, -0.1) is 5.10 Å². The quantitative estimate of drug-likeness (QED) is 0.735. The highest BCUT2D eigenvalue weighted by molar-refractivity contribution is 5.80. The number of aryl methyl sites for hydroxylation is 1. The van der Waals surface area contributed by atoms with Crippen LogP contribution in [0.3, 0.4) is 0 Å². The Balaban J connectivity index is 1.35. The van der Waals surface area contributed by atoms with Gasteiger partial charge >= 0.3 is 0 Å². The van der Waals surface area contributed by atoms with E-state index >= 15 is 0 Å². The van der Waals surface area contributed by atoms with E-state index in [0.717, 1.165) is 38.3 Å². The number of likely N-dealkylation sites (tertiary alicyclic amines) is 1. The number of imidazole rings is 1. The van der Waals surface area contributed by atoms with Crippen molar-refractivity contribution in [3.8, 4) is 0 Å². The Morgan fingerprint density at radius 1 is 1.33 bits per heavy atom. The number of rotatable bonds is 4. The zero-order valence-electron chi connectivity index (χ0n) is 15.9. The number of piperidine rings is 1. The molecule has 1 amide bonds. The van der Waals surface area contributed by atoms with Crippen LogP contribution >= 0.6 is 0 Å². The van der Waals surface area contributed by atoms with Crippen LogP contribution in [0, 0.1) is 0 Å². The molecular weight excluding hydrogens is 348 g/mol. The van der Waals surface area contributed by atoms with Crippen LogP contribution in [0.1, 0.15) is 31.6 Å². The van der Waals surface area contributed by atoms with E-state index < -0.39 is 6.04 Å². The first kappa shape index (κ1) is 18.1. The molecule has 0 N–H and O–H groups in total. The second-order valence-corrected chi connectivity index (χ2v) is 7.49. The maximum Gasteiger partial charge on any atom is 0.247 e. The Hall–Kier alpha value is -2.33. The van der Waals surface area contributed by atoms with E-state index in [2.05, 4.69) is 30.0 Å². The van der Waals surface area contributed by atoms with Gasteiger partial charge in [0.2, 0.25) is 5.91 Å². The number of ether oxygens (including phenoxy) is 1. The number of carbonyl (C=O) groups is 1. The van der Waals surface area contributed by atoms with E-state index in [-0.39, 0.29) is 11.5 Å². The lowest BCUT2D eigenvalue weighted by Crippen LogP contribution is -2.58. The van der Waals surface area contributed by atoms with Crippen LogP contribution in [0.25, 0.3) is 0 Å². The summed E-state index contributed by atoms with van der Waals surface area (Å²) >= 11 is 0. The fraction of sp³-hybridized carbons (Fsp3) is 0.706. The molecule has 10 heteroatoms. The summed E-state index contributed by atoms with van der Waals surface area (Å²) < 4.78 is 9.73. The monoisotopic (exact) mass is 374 g/mol. The normalized spacial score (nSPS) is 21.5. The highest BCUT2D eigenvalue weighted by Crippen LogP contribution is 2.31. The van der Waals surface area contributed by atoms with Gasteiger partial charge in [-0.3, -0.25) is 9.69 Å². The van der Waals surface area contributed by atoms with Gasteiger partial charge in [-0.2, -0.15) is 0 Å². The predicted octanol–water partition coefficient (Wildman–Crippen LogP) is -0.139. The first-order chi connectivity index (χ1) is 13.1. The number of hydrogen-bond donors (Lipinski definition) is 0. The van der Waals surface area contributed by atoms with Crippen LogP contribution in [0.2, 0.25) is 0 Å². The second kappa shape index (κ2) is 7.35. The maximum absolute atomic E-state index is 12.9. The highest BCUT2D eigenvalue weighted by atomic mass is 16.5. The molecule has 4 rings (SSSR count). The molecule has 2 aromatic rings. The van der Waals surface area contributed by atoms with Crippen molar-refractivity contribution in [1.29, 1.82) is 0 Å². The average molecular weight is 374 g/mol. The molecule has 2 fully saturated rings. The first-order valence-corrected chi connectivity index (χ1v) is 9.40. The third-order valence-electron chi connectivity index (χ3n) is 5.73. The predicted molar refractivity (Wildman–Crippen MR) is 95.5 cm³/mol. The van der Waals surface area contributed by atoms with E-state index in [4.69, 9.17) is 4.74 Å². The van der Waals surface area contributed by atoms with Crippen LogP contribution in [0.5, 0.6) is 0 Å². The minimum Gasteiger partial charge on any atom is -0.371 e. The van der Waals surface area contributed by atoms with Gasteiger partial charge in [-0.25, -0.2) is 9.67 Å². The fourth-order valence-electron chi connectivity index (χ4n) is 3.93. The van der Waals surface area contributed by atoms with Crippen LogP contribution in [-0.2, 0) is 23.1 Å². The van der Waals surface area contributed by atoms with Crippen LogP contribution in [0.4, 0.5) is 0 Å². The van der Waals surface area contributed by atoms with E-state index in [1.165, 1.54) is 11.0 Å². The van der Waals surface area contributed by atoms with Crippen molar-refractivity contribution in [3.63, 3.8) is 0 Å². The third kappa shape index (κ3) is 3.72. The van der Waals surface area contributed by atoms with Gasteiger partial charge in [0.15, 0.2) is 0 Å². The molecule has 2 saturated heterocycles. The van der Waals surface area contributed by atoms with Gasteiger partial charge in [0.1, 0.15) is 18.2 Å². The summed E-state index contributed by atoms with van der Waals surface area (Å²) in [6.45, 7) is 6.38. The van der Waals surface area contributed by atoms with Gasteiger partial charge in [0.05, 0.1) is 18.8 Å². The molecule has 10 nitrogen and oxygen atoms in total. The molecule has 1 spiro atoms. The van der Waals surface area contributed by atoms with Gasteiger partial charge in [0.25, 0.3) is 0 Å². The second-order valence-electron chi connectivity index (χ2n) is 7.49. The Morgan fingerprint density at radius 3 is 2.81 bits per heavy atom. The van der Waals surface area contributed by atoms with Gasteiger partial charge in [0, 0.05) is 45.6 Å². The number of nitrogens with zero attached hydrogens (tertiary/aromatic N) is 8. The van der Waals surface area contributed by atoms with Crippen molar-refractivity contribution in [3.05, 3.63) is 24.5 Å². The van der Waals surface area contributed by atoms with Crippen LogP contribution < -0.4 is 0 Å². The molecule has 0 aliphatic carbocycles. The molecule has 0 aromatic carbocycles. The van der Waals surface area contributed by atoms with E-state index in [0.29, 0.717) is 19.7 Å². The molecule has 146 valence electrons. The fourth-order valence-corrected chi connectivity index (χ4v) is 3.93. The summed E-state index contributed by atoms with van der Waals surface area (Å²) in [7, 11) is 2.02. The summed E-state index contributed by atoms with van der Waals surface area (Å²) in [5.41, 5.74) is -0.244. The Labute approximate surface area is 158 Å². The topological polar surface area (TPSA) is 94.2 Å². The molecular formula is C17H26N8O2. The standard InChI is InChI=1S/C17H26N8O2/c1-14(25-13-19-20-21-25)16(26)24-9-10-27-17(12-24)3-6-23(7-4-17)11-15-18-5-8-22(15)2/h5,8,13-14H,3-4,6-7,9-12H2,1-2H3/t14-/m0/s1. The number of tetrazole rings is 1. The summed E-state index contributed by atoms with van der Waals surface area (Å²) in [5.74, 6) is 1.11. The van der Waals surface area contributed by atoms with Crippen molar-refractivity contribution >= 4 is 5.91 Å². The SMILES string of the molecule is C[C@@H](C(=O)N1CCOC2(CCN(Cc3nccn3C)CC2)C1)n1cnnn1. The molecule has 0 bridgehead atoms. The lowest BCUT2D eigenvalue weighted by atomic mass is 9.89. The summed E-state index contributed by atoms with van der Waals surface area (Å²) in [5, 5.41) is 11.1. The smallest absolute Gasteiger partial charge is 0.247 e. The van der Waals surface area contributed by atoms with Crippen LogP contribution in [-0.4, -0.2) is 83.9 Å². The Morgan fingerprint density at radius 2 is 2.15 bits per heavy atom. The molecule has 1 atom stereocenters. The lowest BCUT2D eigenvalue weighted by molar-refractivity contribution is -0.162. The number of aromatic nitrogens is 6. The minimum absolute atomic E-state index is 0.0421. The number of carbonyl (C=O) groups excluding carboxylic acids is 1. The van der Waals surface area contributed by atoms with Crippen molar-refractivity contribution in [2.24, 2.45) is 7.05 Å². The van der Waals surface area contributed by atoms with Crippen molar-refractivity contribution in [1.82, 2.24) is 39.6 Å². The van der Waals surface area contributed by atoms with Crippen molar-refractivity contribution in [2.45, 2.75) is 38.0 Å². The zero-order chi connectivity index (χ0) is 18.9. The molecule has 27 heavy (non-hydrogen) atoms. The Bertz CT molecular complexity index is 766. The summed E-state index contributed by atoms with van der Waals surface area (Å²) in [6, 6.07) is -0.404. The number of amides is 1. The van der Waals surface area contributed by atoms with Crippen molar-refractivity contribution in [2.75, 3.05) is 32.8 Å². The Kier molecular flexibility index (Phi) is 4.92.